The molecule has 2 aromatic heterocycles. The summed E-state index contributed by atoms with van der Waals surface area (Å²) in [5.41, 5.74) is 1.96. The zero-order valence-electron chi connectivity index (χ0n) is 16.1. The van der Waals surface area contributed by atoms with Gasteiger partial charge in [0.1, 0.15) is 11.5 Å². The summed E-state index contributed by atoms with van der Waals surface area (Å²) in [6.07, 6.45) is 0.332. The van der Waals surface area contributed by atoms with Gasteiger partial charge in [0.2, 0.25) is 5.91 Å². The third-order valence-corrected chi connectivity index (χ3v) is 5.81. The van der Waals surface area contributed by atoms with Gasteiger partial charge in [-0.1, -0.05) is 0 Å². The maximum atomic E-state index is 12.7. The topological polar surface area (TPSA) is 58.8 Å². The maximum Gasteiger partial charge on any atom is 0.228 e. The highest BCUT2D eigenvalue weighted by molar-refractivity contribution is 7.13. The van der Waals surface area contributed by atoms with Crippen LogP contribution in [0.1, 0.15) is 11.5 Å². The standard InChI is InChI=1S/C21H23N3O3S/c1-15-3-8-19(27-15)21-22-16(14-28-21)13-20(25)24-11-9-23(10-12-24)17-4-6-18(26-2)7-5-17/h3-8,14H,9-13H2,1-2H3. The number of carbonyl (C=O) groups is 1. The van der Waals surface area contributed by atoms with Crippen molar-refractivity contribution in [1.82, 2.24) is 9.88 Å². The lowest BCUT2D eigenvalue weighted by molar-refractivity contribution is -0.130. The number of anilines is 1. The number of thiazole rings is 1. The van der Waals surface area contributed by atoms with Crippen molar-refractivity contribution in [2.75, 3.05) is 38.2 Å². The summed E-state index contributed by atoms with van der Waals surface area (Å²) in [6.45, 7) is 5.00. The number of carbonyl (C=O) groups excluding carboxylic acids is 1. The number of nitrogens with zero attached hydrogens (tertiary/aromatic N) is 3. The van der Waals surface area contributed by atoms with Gasteiger partial charge in [0.05, 0.1) is 19.2 Å². The van der Waals surface area contributed by atoms with Gasteiger partial charge in [-0.15, -0.1) is 11.3 Å². The molecule has 1 fully saturated rings. The number of aryl methyl sites for hydroxylation is 1. The number of ether oxygens (including phenoxy) is 1. The van der Waals surface area contributed by atoms with Gasteiger partial charge in [0.25, 0.3) is 0 Å². The summed E-state index contributed by atoms with van der Waals surface area (Å²) in [6, 6.07) is 11.9. The lowest BCUT2D eigenvalue weighted by atomic mass is 10.2. The molecular weight excluding hydrogens is 374 g/mol. The van der Waals surface area contributed by atoms with Crippen LogP contribution in [-0.4, -0.2) is 49.1 Å². The molecule has 3 heterocycles. The van der Waals surface area contributed by atoms with Crippen molar-refractivity contribution in [1.29, 1.82) is 0 Å². The van der Waals surface area contributed by atoms with Gasteiger partial charge in [-0.2, -0.15) is 0 Å². The Morgan fingerprint density at radius 1 is 1.14 bits per heavy atom. The first-order chi connectivity index (χ1) is 13.6. The van der Waals surface area contributed by atoms with Gasteiger partial charge in [-0.05, 0) is 43.3 Å². The van der Waals surface area contributed by atoms with Crippen molar-refractivity contribution in [3.8, 4) is 16.5 Å². The molecule has 7 heteroatoms. The maximum absolute atomic E-state index is 12.7. The number of benzene rings is 1. The molecule has 0 radical (unpaired) electrons. The van der Waals surface area contributed by atoms with Gasteiger partial charge >= 0.3 is 0 Å². The van der Waals surface area contributed by atoms with Crippen molar-refractivity contribution in [3.63, 3.8) is 0 Å². The highest BCUT2D eigenvalue weighted by atomic mass is 32.1. The second-order valence-corrected chi connectivity index (χ2v) is 7.66. The second kappa shape index (κ2) is 8.06. The van der Waals surface area contributed by atoms with Gasteiger partial charge in [-0.25, -0.2) is 4.98 Å². The van der Waals surface area contributed by atoms with Crippen LogP contribution in [0.15, 0.2) is 46.2 Å². The molecule has 0 atom stereocenters. The molecular formula is C21H23N3O3S. The Balaban J connectivity index is 1.32. The van der Waals surface area contributed by atoms with E-state index < -0.39 is 0 Å². The minimum absolute atomic E-state index is 0.127. The normalized spacial score (nSPS) is 14.4. The lowest BCUT2D eigenvalue weighted by Gasteiger charge is -2.36. The summed E-state index contributed by atoms with van der Waals surface area (Å²) < 4.78 is 10.8. The summed E-state index contributed by atoms with van der Waals surface area (Å²) in [4.78, 5) is 21.5. The molecule has 1 saturated heterocycles. The number of furan rings is 1. The fourth-order valence-electron chi connectivity index (χ4n) is 3.32. The molecule has 1 amide bonds. The third-order valence-electron chi connectivity index (χ3n) is 4.91. The van der Waals surface area contributed by atoms with Crippen LogP contribution in [-0.2, 0) is 11.2 Å². The van der Waals surface area contributed by atoms with Crippen LogP contribution in [0.25, 0.3) is 10.8 Å². The molecule has 0 N–H and O–H groups in total. The predicted molar refractivity (Wildman–Crippen MR) is 110 cm³/mol. The number of hydrogen-bond acceptors (Lipinski definition) is 6. The van der Waals surface area contributed by atoms with Gasteiger partial charge in [0, 0.05) is 37.2 Å². The van der Waals surface area contributed by atoms with Crippen molar-refractivity contribution in [2.24, 2.45) is 0 Å². The molecule has 0 saturated carbocycles. The molecule has 1 aliphatic heterocycles. The van der Waals surface area contributed by atoms with E-state index in [1.807, 2.05) is 41.5 Å². The first-order valence-electron chi connectivity index (χ1n) is 9.30. The van der Waals surface area contributed by atoms with Crippen LogP contribution >= 0.6 is 11.3 Å². The Morgan fingerprint density at radius 2 is 1.89 bits per heavy atom. The van der Waals surface area contributed by atoms with E-state index in [1.165, 1.54) is 11.3 Å². The predicted octanol–water partition coefficient (Wildman–Crippen LogP) is 3.61. The van der Waals surface area contributed by atoms with Crippen LogP contribution < -0.4 is 9.64 Å². The number of aromatic nitrogens is 1. The van der Waals surface area contributed by atoms with Crippen molar-refractivity contribution >= 4 is 22.9 Å². The van der Waals surface area contributed by atoms with E-state index in [9.17, 15) is 4.79 Å². The zero-order valence-corrected chi connectivity index (χ0v) is 16.9. The van der Waals surface area contributed by atoms with E-state index in [2.05, 4.69) is 22.0 Å². The SMILES string of the molecule is COc1ccc(N2CCN(C(=O)Cc3csc(-c4ccc(C)o4)n3)CC2)cc1. The summed E-state index contributed by atoms with van der Waals surface area (Å²) in [5, 5.41) is 2.76. The van der Waals surface area contributed by atoms with Crippen molar-refractivity contribution < 1.29 is 13.9 Å². The van der Waals surface area contributed by atoms with E-state index in [-0.39, 0.29) is 5.91 Å². The van der Waals surface area contributed by atoms with E-state index in [0.29, 0.717) is 6.42 Å². The Labute approximate surface area is 168 Å². The molecule has 0 spiro atoms. The monoisotopic (exact) mass is 397 g/mol. The van der Waals surface area contributed by atoms with Crippen molar-refractivity contribution in [3.05, 3.63) is 53.2 Å². The van der Waals surface area contributed by atoms with E-state index >= 15 is 0 Å². The van der Waals surface area contributed by atoms with Crippen LogP contribution in [0.2, 0.25) is 0 Å². The minimum atomic E-state index is 0.127. The molecule has 1 aliphatic rings. The fraction of sp³-hybridized carbons (Fsp3) is 0.333. The summed E-state index contributed by atoms with van der Waals surface area (Å²) >= 11 is 1.51. The first-order valence-corrected chi connectivity index (χ1v) is 10.2. The lowest BCUT2D eigenvalue weighted by Crippen LogP contribution is -2.49. The summed E-state index contributed by atoms with van der Waals surface area (Å²) in [5.74, 6) is 2.60. The van der Waals surface area contributed by atoms with Crippen molar-refractivity contribution in [2.45, 2.75) is 13.3 Å². The Bertz CT molecular complexity index is 940. The van der Waals surface area contributed by atoms with Crippen LogP contribution in [0.4, 0.5) is 5.69 Å². The number of amides is 1. The highest BCUT2D eigenvalue weighted by Crippen LogP contribution is 2.26. The fourth-order valence-corrected chi connectivity index (χ4v) is 4.10. The quantitative estimate of drug-likeness (QED) is 0.658. The van der Waals surface area contributed by atoms with Gasteiger partial charge in [0.15, 0.2) is 10.8 Å². The van der Waals surface area contributed by atoms with Crippen LogP contribution in [0, 0.1) is 6.92 Å². The third kappa shape index (κ3) is 4.04. The molecule has 0 bridgehead atoms. The second-order valence-electron chi connectivity index (χ2n) is 6.80. The minimum Gasteiger partial charge on any atom is -0.497 e. The van der Waals surface area contributed by atoms with Crippen LogP contribution in [0.3, 0.4) is 0 Å². The molecule has 0 aliphatic carbocycles. The number of piperazine rings is 1. The van der Waals surface area contributed by atoms with Gasteiger partial charge < -0.3 is 19.0 Å². The zero-order chi connectivity index (χ0) is 19.5. The molecule has 4 rings (SSSR count). The molecule has 6 nitrogen and oxygen atoms in total. The Hall–Kier alpha value is -2.80. The molecule has 1 aromatic carbocycles. The smallest absolute Gasteiger partial charge is 0.228 e. The van der Waals surface area contributed by atoms with E-state index in [4.69, 9.17) is 9.15 Å². The summed E-state index contributed by atoms with van der Waals surface area (Å²) in [7, 11) is 1.67. The largest absolute Gasteiger partial charge is 0.497 e. The highest BCUT2D eigenvalue weighted by Gasteiger charge is 2.22. The Kier molecular flexibility index (Phi) is 5.34. The molecule has 3 aromatic rings. The first kappa shape index (κ1) is 18.6. The van der Waals surface area contributed by atoms with Gasteiger partial charge in [-0.3, -0.25) is 4.79 Å². The number of rotatable bonds is 5. The average molecular weight is 398 g/mol. The molecule has 28 heavy (non-hydrogen) atoms. The number of hydrogen-bond donors (Lipinski definition) is 0. The molecule has 146 valence electrons. The molecule has 0 unspecified atom stereocenters. The number of methoxy groups -OCH3 is 1. The average Bonchev–Trinajstić information content (AvgIpc) is 3.37. The Morgan fingerprint density at radius 3 is 2.54 bits per heavy atom. The van der Waals surface area contributed by atoms with E-state index in [1.54, 1.807) is 7.11 Å². The van der Waals surface area contributed by atoms with Crippen LogP contribution in [0.5, 0.6) is 5.75 Å². The van der Waals surface area contributed by atoms with E-state index in [0.717, 1.165) is 59.8 Å².